The molecule has 4 atom stereocenters. The van der Waals surface area contributed by atoms with E-state index in [1.54, 1.807) is 61.5 Å². The van der Waals surface area contributed by atoms with E-state index in [0.29, 0.717) is 134 Å². The van der Waals surface area contributed by atoms with Crippen molar-refractivity contribution in [3.8, 4) is 139 Å². The summed E-state index contributed by atoms with van der Waals surface area (Å²) in [5.74, 6) is 5.73. The number of benzene rings is 8. The molecule has 0 spiro atoms. The third-order valence-electron chi connectivity index (χ3n) is 23.2. The summed E-state index contributed by atoms with van der Waals surface area (Å²) >= 11 is 0. The number of carbonyl (C=O) groups excluding carboxylic acids is 3. The minimum absolute atomic E-state index is 0.00768. The van der Waals surface area contributed by atoms with Crippen LogP contribution in [0.1, 0.15) is 217 Å². The average Bonchev–Trinajstić information content (AvgIpc) is 1.47. The molecule has 8 aromatic carbocycles. The molecule has 17 rings (SSSR count). The molecule has 0 radical (unpaired) electrons. The van der Waals surface area contributed by atoms with Crippen LogP contribution in [0.2, 0.25) is 0 Å². The van der Waals surface area contributed by atoms with Crippen molar-refractivity contribution in [1.82, 2.24) is 71.0 Å². The maximum absolute atomic E-state index is 12.5. The van der Waals surface area contributed by atoms with Crippen LogP contribution in [0.4, 0.5) is 0 Å². The molecule has 32 heteroatoms. The summed E-state index contributed by atoms with van der Waals surface area (Å²) in [7, 11) is 0.429. The fourth-order valence-electron chi connectivity index (χ4n) is 17.5. The summed E-state index contributed by atoms with van der Waals surface area (Å²) in [5, 5.41) is 65.0. The number of Topliss-reactive ketones (excluding diaryl/α,β-unsaturated/α-hetero) is 1. The van der Waals surface area contributed by atoms with Crippen molar-refractivity contribution in [3.05, 3.63) is 212 Å². The molecule has 12 aromatic rings. The molecule has 0 saturated carbocycles. The zero-order chi connectivity index (χ0) is 94.9. The van der Waals surface area contributed by atoms with Crippen molar-refractivity contribution in [2.75, 3.05) is 53.1 Å². The molecule has 0 bridgehead atoms. The zero-order valence-electron chi connectivity index (χ0n) is 77.4. The Morgan fingerprint density at radius 3 is 1.03 bits per heavy atom. The molecule has 134 heavy (non-hydrogen) atoms. The predicted molar refractivity (Wildman–Crippen MR) is 502 cm³/mol. The van der Waals surface area contributed by atoms with E-state index in [0.717, 1.165) is 147 Å². The fourth-order valence-corrected chi connectivity index (χ4v) is 18.3. The SMILES string of the molecule is CC(=O)CN[C@H]1CCCc2c(-c3noc(-c4ccc(OC(C)C)c(C#N)c4)n3)cccc21.CC(C)Oc1ccc(-c2nc(-c3cccc4c3CCC[C@H]4NC(=O)CN(C)C)no2)cc1C#N.CC(C)Oc1ccc(-c2nc(-c3cccc4c3CCC[C@H]4NCC(=O)N3CCCC3)no2)cc1C#N.CC(C)Oc1ccc(-c2nc(-c3cccc4c3CCC[C@H]4NS(C)(=O)=O)no2)cc1C#N. The van der Waals surface area contributed by atoms with Crippen LogP contribution in [-0.2, 0) is 50.1 Å². The van der Waals surface area contributed by atoms with Crippen molar-refractivity contribution >= 4 is 27.6 Å². The number of likely N-dealkylation sites (N-methyl/N-ethyl adjacent to an activating group) is 1. The third kappa shape index (κ3) is 23.8. The Balaban J connectivity index is 0.000000144. The highest BCUT2D eigenvalue weighted by atomic mass is 32.2. The van der Waals surface area contributed by atoms with E-state index < -0.39 is 10.0 Å². The summed E-state index contributed by atoms with van der Waals surface area (Å²) < 4.78 is 71.3. The number of sulfonamides is 1. The van der Waals surface area contributed by atoms with Gasteiger partial charge in [-0.25, -0.2) is 13.1 Å². The molecule has 31 nitrogen and oxygen atoms in total. The van der Waals surface area contributed by atoms with Gasteiger partial charge in [-0.15, -0.1) is 0 Å². The summed E-state index contributed by atoms with van der Waals surface area (Å²) in [4.78, 5) is 58.6. The van der Waals surface area contributed by atoms with Gasteiger partial charge in [-0.05, 0) is 284 Å². The van der Waals surface area contributed by atoms with Gasteiger partial charge in [0.1, 0.15) is 53.1 Å². The Hall–Kier alpha value is -14.1. The van der Waals surface area contributed by atoms with Crippen LogP contribution < -0.4 is 39.6 Å². The molecule has 1 saturated heterocycles. The largest absolute Gasteiger partial charge is 0.490 e. The lowest BCUT2D eigenvalue weighted by Gasteiger charge is -2.28. The molecule has 692 valence electrons. The molecule has 1 fully saturated rings. The molecule has 5 aliphatic rings. The number of amides is 2. The van der Waals surface area contributed by atoms with Gasteiger partial charge in [-0.1, -0.05) is 93.4 Å². The van der Waals surface area contributed by atoms with Gasteiger partial charge >= 0.3 is 0 Å². The number of likely N-dealkylation sites (tertiary alicyclic amines) is 1. The Labute approximate surface area is 780 Å². The minimum Gasteiger partial charge on any atom is -0.490 e. The minimum atomic E-state index is -3.33. The van der Waals surface area contributed by atoms with Gasteiger partial charge in [0.15, 0.2) is 0 Å². The summed E-state index contributed by atoms with van der Waals surface area (Å²) in [5.41, 5.74) is 16.8. The number of fused-ring (bicyclic) bond motifs is 4. The van der Waals surface area contributed by atoms with E-state index in [1.807, 2.05) is 152 Å². The number of rotatable bonds is 27. The second kappa shape index (κ2) is 43.9. The molecule has 0 unspecified atom stereocenters. The molecule has 5 heterocycles. The van der Waals surface area contributed by atoms with Gasteiger partial charge in [-0.3, -0.25) is 14.4 Å². The lowest BCUT2D eigenvalue weighted by atomic mass is 9.84. The number of hydrogen-bond donors (Lipinski definition) is 4. The number of ketones is 1. The highest BCUT2D eigenvalue weighted by molar-refractivity contribution is 7.88. The van der Waals surface area contributed by atoms with Crippen LogP contribution in [0.3, 0.4) is 0 Å². The maximum atomic E-state index is 12.5. The summed E-state index contributed by atoms with van der Waals surface area (Å²) in [6.45, 7) is 19.7. The van der Waals surface area contributed by atoms with Crippen LogP contribution in [0, 0.1) is 45.3 Å². The van der Waals surface area contributed by atoms with Gasteiger partial charge in [0.05, 0.1) is 78.6 Å². The first-order valence-electron chi connectivity index (χ1n) is 45.4. The smallest absolute Gasteiger partial charge is 0.258 e. The zero-order valence-corrected chi connectivity index (χ0v) is 78.2. The van der Waals surface area contributed by atoms with Gasteiger partial charge < -0.3 is 62.8 Å². The van der Waals surface area contributed by atoms with E-state index in [1.165, 1.54) is 28.5 Å². The van der Waals surface area contributed by atoms with Gasteiger partial charge in [-0.2, -0.15) is 41.0 Å². The predicted octanol–water partition coefficient (Wildman–Crippen LogP) is 17.4. The van der Waals surface area contributed by atoms with Crippen molar-refractivity contribution in [2.24, 2.45) is 0 Å². The van der Waals surface area contributed by atoms with Gasteiger partial charge in [0, 0.05) is 75.7 Å². The number of ether oxygens (including phenoxy) is 4. The number of nitriles is 4. The van der Waals surface area contributed by atoms with E-state index in [4.69, 9.17) is 37.0 Å². The normalized spacial score (nSPS) is 15.9. The lowest BCUT2D eigenvalue weighted by molar-refractivity contribution is -0.129. The standard InChI is InChI=1S/C28H31N5O3.C26H29N5O3.C25H26N4O3.C23H24N4O4S/c1-18(2)35-25-12-11-19(15-20(25)16-29)28-31-27(32-36-28)23-9-5-8-22-21(23)7-6-10-24(22)30-17-26(34)33-13-3-4-14-33;1-16(2)33-23-12-11-17(13-18(23)14-27)26-29-25(30-34-26)21-9-5-8-20-19(21)7-6-10-22(20)28-24(32)15-31(3)4;1-15(2)31-23-11-10-17(12-18(23)13-26)25-28-24(29-32-25)21-8-4-7-20-19(21)6-5-9-22(20)27-14-16(3)30;1-14(2)30-21-11-10-15(12-16(21)13-24)23-25-22(26-31-23)19-8-4-7-18-17(19)6-5-9-20(18)27-32(3,28)29/h5,8-9,11-12,15,18,24,30H,3-4,6-7,10,13-14,17H2,1-2H3;5,8-9,11-13,16,22H,6-7,10,15H2,1-4H3,(H,28,32);4,7-8,10-12,15,22,27H,5-6,9,14H2,1-3H3;4,7-8,10-12,14,20,27H,5-6,9H2,1-3H3/t24-;2*22-;20-/m1101/s1. The highest BCUT2D eigenvalue weighted by Crippen LogP contribution is 2.43. The van der Waals surface area contributed by atoms with Gasteiger partial charge in [0.2, 0.25) is 45.1 Å². The van der Waals surface area contributed by atoms with E-state index in [-0.39, 0.29) is 66.2 Å². The summed E-state index contributed by atoms with van der Waals surface area (Å²) in [6, 6.07) is 53.6. The first kappa shape index (κ1) is 96.0. The van der Waals surface area contributed by atoms with Crippen molar-refractivity contribution in [3.63, 3.8) is 0 Å². The van der Waals surface area contributed by atoms with Crippen LogP contribution in [0.15, 0.2) is 164 Å². The van der Waals surface area contributed by atoms with Crippen LogP contribution in [0.25, 0.3) is 91.4 Å². The number of nitrogens with one attached hydrogen (secondary N) is 4. The number of nitrogens with zero attached hydrogens (tertiary/aromatic N) is 14. The lowest BCUT2D eigenvalue weighted by Crippen LogP contribution is -2.38. The number of hydrogen-bond acceptors (Lipinski definition) is 28. The van der Waals surface area contributed by atoms with E-state index in [2.05, 4.69) is 104 Å². The Bertz CT molecular complexity index is 6540. The molecule has 2 amide bonds. The Morgan fingerprint density at radius 2 is 0.731 bits per heavy atom. The molecule has 4 N–H and O–H groups in total. The topological polar surface area (TPSA) is 428 Å². The Kier molecular flexibility index (Phi) is 31.5. The van der Waals surface area contributed by atoms with Crippen molar-refractivity contribution < 1.29 is 59.8 Å². The molecular formula is C102H110N18O13S. The molecule has 4 aromatic heterocycles. The third-order valence-corrected chi connectivity index (χ3v) is 24.0. The van der Waals surface area contributed by atoms with Crippen molar-refractivity contribution in [2.45, 2.75) is 201 Å². The first-order valence-corrected chi connectivity index (χ1v) is 47.3. The first-order chi connectivity index (χ1) is 64.6. The molecular weight excluding hydrogens is 1720 g/mol. The van der Waals surface area contributed by atoms with Crippen LogP contribution in [0.5, 0.6) is 23.0 Å². The van der Waals surface area contributed by atoms with Crippen molar-refractivity contribution in [1.29, 1.82) is 21.0 Å². The molecule has 4 aliphatic carbocycles. The van der Waals surface area contributed by atoms with E-state index in [9.17, 15) is 43.8 Å². The fraction of sp³-hybridized carbons (Fsp3) is 0.382. The van der Waals surface area contributed by atoms with Crippen LogP contribution in [-0.4, -0.2) is 154 Å². The molecule has 1 aliphatic heterocycles. The maximum Gasteiger partial charge on any atom is 0.258 e. The second-order valence-corrected chi connectivity index (χ2v) is 36.9. The Morgan fingerprint density at radius 1 is 0.433 bits per heavy atom. The van der Waals surface area contributed by atoms with Crippen LogP contribution >= 0.6 is 0 Å². The van der Waals surface area contributed by atoms with E-state index >= 15 is 0 Å². The number of aromatic nitrogens is 8. The summed E-state index contributed by atoms with van der Waals surface area (Å²) in [6.07, 6.45) is 14.2. The van der Waals surface area contributed by atoms with Gasteiger partial charge in [0.25, 0.3) is 23.6 Å². The average molecular weight is 1830 g/mol. The number of carbonyl (C=O) groups is 3. The quantitative estimate of drug-likeness (QED) is 0.0371. The second-order valence-electron chi connectivity index (χ2n) is 35.2. The monoisotopic (exact) mass is 1830 g/mol. The highest BCUT2D eigenvalue weighted by Gasteiger charge is 2.33.